The number of hydrogen-bond acceptors (Lipinski definition) is 3. The molecule has 0 aliphatic carbocycles. The first kappa shape index (κ1) is 18.9. The van der Waals surface area contributed by atoms with Gasteiger partial charge in [-0.3, -0.25) is 4.98 Å². The normalized spacial score (nSPS) is 13.0. The van der Waals surface area contributed by atoms with Crippen molar-refractivity contribution in [3.05, 3.63) is 89.2 Å². The lowest BCUT2D eigenvalue weighted by Gasteiger charge is -2.29. The molecule has 1 aromatic heterocycles. The Labute approximate surface area is 166 Å². The van der Waals surface area contributed by atoms with Crippen LogP contribution < -0.4 is 10.1 Å². The van der Waals surface area contributed by atoms with Gasteiger partial charge in [-0.2, -0.15) is 0 Å². The molecule has 4 rings (SSSR count). The maximum Gasteiger partial charge on any atom is 0.317 e. The van der Waals surface area contributed by atoms with Crippen LogP contribution in [-0.4, -0.2) is 22.5 Å². The molecule has 7 heteroatoms. The first-order valence-electron chi connectivity index (χ1n) is 9.25. The van der Waals surface area contributed by atoms with Crippen LogP contribution in [0.3, 0.4) is 0 Å². The Kier molecular flexibility index (Phi) is 5.37. The third kappa shape index (κ3) is 4.51. The number of pyridine rings is 1. The molecule has 3 aromatic rings. The topological polar surface area (TPSA) is 54.5 Å². The second-order valence-corrected chi connectivity index (χ2v) is 6.80. The Hall–Kier alpha value is -3.48. The van der Waals surface area contributed by atoms with Crippen LogP contribution in [0, 0.1) is 11.6 Å². The highest BCUT2D eigenvalue weighted by atomic mass is 19.1. The fourth-order valence-corrected chi connectivity index (χ4v) is 3.26. The van der Waals surface area contributed by atoms with Crippen LogP contribution in [0.4, 0.5) is 13.6 Å². The summed E-state index contributed by atoms with van der Waals surface area (Å²) in [4.78, 5) is 18.0. The molecular weight excluding hydrogens is 376 g/mol. The summed E-state index contributed by atoms with van der Waals surface area (Å²) in [6, 6.07) is 12.3. The molecule has 2 aromatic carbocycles. The van der Waals surface area contributed by atoms with Crippen LogP contribution in [0.25, 0.3) is 0 Å². The van der Waals surface area contributed by atoms with Crippen molar-refractivity contribution in [1.82, 2.24) is 15.2 Å². The minimum atomic E-state index is -0.519. The number of carbonyl (C=O) groups excluding carboxylic acids is 1. The standard InChI is InChI=1S/C22H19F2N3O2/c23-18-5-4-17-14-27(9-7-16(17)11-18)22(28)26-12-15-3-6-21(20(24)10-15)29-19-2-1-8-25-13-19/h1-6,8,10-11,13H,7,9,12,14H2,(H,26,28). The van der Waals surface area contributed by atoms with Gasteiger partial charge in [-0.1, -0.05) is 12.1 Å². The van der Waals surface area contributed by atoms with Crippen molar-refractivity contribution in [2.45, 2.75) is 19.5 Å². The lowest BCUT2D eigenvalue weighted by molar-refractivity contribution is 0.192. The lowest BCUT2D eigenvalue weighted by atomic mass is 10.00. The van der Waals surface area contributed by atoms with E-state index >= 15 is 0 Å². The van der Waals surface area contributed by atoms with Crippen molar-refractivity contribution in [3.63, 3.8) is 0 Å². The fourth-order valence-electron chi connectivity index (χ4n) is 3.26. The predicted molar refractivity (Wildman–Crippen MR) is 103 cm³/mol. The molecule has 2 amide bonds. The fraction of sp³-hybridized carbons (Fsp3) is 0.182. The summed E-state index contributed by atoms with van der Waals surface area (Å²) in [5.74, 6) is -0.250. The number of benzene rings is 2. The number of halogens is 2. The van der Waals surface area contributed by atoms with E-state index in [-0.39, 0.29) is 24.1 Å². The van der Waals surface area contributed by atoms with Gasteiger partial charge in [0, 0.05) is 25.8 Å². The molecule has 29 heavy (non-hydrogen) atoms. The number of ether oxygens (including phenoxy) is 1. The second-order valence-electron chi connectivity index (χ2n) is 6.80. The molecule has 0 spiro atoms. The number of nitrogens with zero attached hydrogens (tertiary/aromatic N) is 2. The molecule has 0 saturated heterocycles. The molecule has 0 atom stereocenters. The minimum Gasteiger partial charge on any atom is -0.453 e. The predicted octanol–water partition coefficient (Wildman–Crippen LogP) is 4.42. The number of hydrogen-bond donors (Lipinski definition) is 1. The van der Waals surface area contributed by atoms with Crippen LogP contribution >= 0.6 is 0 Å². The third-order valence-electron chi connectivity index (χ3n) is 4.77. The van der Waals surface area contributed by atoms with Gasteiger partial charge >= 0.3 is 6.03 Å². The Morgan fingerprint density at radius 3 is 2.83 bits per heavy atom. The van der Waals surface area contributed by atoms with Gasteiger partial charge < -0.3 is 15.0 Å². The van der Waals surface area contributed by atoms with Gasteiger partial charge in [-0.15, -0.1) is 0 Å². The van der Waals surface area contributed by atoms with Gasteiger partial charge in [-0.05, 0) is 59.5 Å². The maximum atomic E-state index is 14.3. The van der Waals surface area contributed by atoms with E-state index in [9.17, 15) is 13.6 Å². The summed E-state index contributed by atoms with van der Waals surface area (Å²) in [6.07, 6.45) is 3.71. The number of rotatable bonds is 4. The van der Waals surface area contributed by atoms with E-state index in [0.717, 1.165) is 11.1 Å². The van der Waals surface area contributed by atoms with Crippen LogP contribution in [0.15, 0.2) is 60.9 Å². The van der Waals surface area contributed by atoms with E-state index in [1.165, 1.54) is 30.5 Å². The van der Waals surface area contributed by atoms with Gasteiger partial charge in [0.2, 0.25) is 0 Å². The van der Waals surface area contributed by atoms with Crippen molar-refractivity contribution < 1.29 is 18.3 Å². The number of amides is 2. The van der Waals surface area contributed by atoms with E-state index < -0.39 is 5.82 Å². The molecule has 2 heterocycles. The molecule has 1 N–H and O–H groups in total. The molecule has 148 valence electrons. The van der Waals surface area contributed by atoms with E-state index in [0.29, 0.717) is 30.8 Å². The Balaban J connectivity index is 1.35. The van der Waals surface area contributed by atoms with Crippen molar-refractivity contribution in [2.24, 2.45) is 0 Å². The molecular formula is C22H19F2N3O2. The number of urea groups is 1. The Morgan fingerprint density at radius 2 is 2.03 bits per heavy atom. The largest absolute Gasteiger partial charge is 0.453 e. The first-order chi connectivity index (χ1) is 14.1. The van der Waals surface area contributed by atoms with Gasteiger partial charge in [0.15, 0.2) is 11.6 Å². The molecule has 0 saturated carbocycles. The molecule has 0 bridgehead atoms. The average Bonchev–Trinajstić information content (AvgIpc) is 2.74. The van der Waals surface area contributed by atoms with Crippen molar-refractivity contribution in [1.29, 1.82) is 0 Å². The summed E-state index contributed by atoms with van der Waals surface area (Å²) in [7, 11) is 0. The smallest absolute Gasteiger partial charge is 0.317 e. The number of fused-ring (bicyclic) bond motifs is 1. The van der Waals surface area contributed by atoms with E-state index in [1.807, 2.05) is 0 Å². The number of nitrogens with one attached hydrogen (secondary N) is 1. The van der Waals surface area contributed by atoms with Crippen molar-refractivity contribution in [3.8, 4) is 11.5 Å². The summed E-state index contributed by atoms with van der Waals surface area (Å²) < 4.78 is 33.1. The van der Waals surface area contributed by atoms with Gasteiger partial charge in [0.1, 0.15) is 11.6 Å². The monoisotopic (exact) mass is 395 g/mol. The summed E-state index contributed by atoms with van der Waals surface area (Å²) in [5, 5.41) is 2.80. The Morgan fingerprint density at radius 1 is 1.14 bits per heavy atom. The molecule has 1 aliphatic heterocycles. The van der Waals surface area contributed by atoms with Gasteiger partial charge in [0.05, 0.1) is 6.20 Å². The zero-order chi connectivity index (χ0) is 20.2. The molecule has 0 fully saturated rings. The van der Waals surface area contributed by atoms with Crippen molar-refractivity contribution >= 4 is 6.03 Å². The highest BCUT2D eigenvalue weighted by molar-refractivity contribution is 5.74. The highest BCUT2D eigenvalue weighted by Crippen LogP contribution is 2.24. The van der Waals surface area contributed by atoms with Gasteiger partial charge in [-0.25, -0.2) is 13.6 Å². The minimum absolute atomic E-state index is 0.0907. The lowest BCUT2D eigenvalue weighted by Crippen LogP contribution is -2.42. The second kappa shape index (κ2) is 8.26. The van der Waals surface area contributed by atoms with Crippen LogP contribution in [0.2, 0.25) is 0 Å². The summed E-state index contributed by atoms with van der Waals surface area (Å²) in [6.45, 7) is 1.12. The molecule has 5 nitrogen and oxygen atoms in total. The SMILES string of the molecule is O=C(NCc1ccc(Oc2cccnc2)c(F)c1)N1CCc2cc(F)ccc2C1. The molecule has 1 aliphatic rings. The number of aromatic nitrogens is 1. The highest BCUT2D eigenvalue weighted by Gasteiger charge is 2.20. The molecule has 0 unspecified atom stereocenters. The summed E-state index contributed by atoms with van der Waals surface area (Å²) in [5.41, 5.74) is 2.49. The van der Waals surface area contributed by atoms with Crippen LogP contribution in [0.5, 0.6) is 11.5 Å². The quantitative estimate of drug-likeness (QED) is 0.712. The zero-order valence-corrected chi connectivity index (χ0v) is 15.6. The van der Waals surface area contributed by atoms with E-state index in [1.54, 1.807) is 35.4 Å². The first-order valence-corrected chi connectivity index (χ1v) is 9.25. The maximum absolute atomic E-state index is 14.3. The van der Waals surface area contributed by atoms with Crippen LogP contribution in [-0.2, 0) is 19.5 Å². The zero-order valence-electron chi connectivity index (χ0n) is 15.6. The van der Waals surface area contributed by atoms with Crippen LogP contribution in [0.1, 0.15) is 16.7 Å². The summed E-state index contributed by atoms with van der Waals surface area (Å²) >= 11 is 0. The number of carbonyl (C=O) groups is 1. The average molecular weight is 395 g/mol. The molecule has 0 radical (unpaired) electrons. The Bertz CT molecular complexity index is 1030. The van der Waals surface area contributed by atoms with E-state index in [4.69, 9.17) is 4.74 Å². The van der Waals surface area contributed by atoms with Crippen molar-refractivity contribution in [2.75, 3.05) is 6.54 Å². The van der Waals surface area contributed by atoms with E-state index in [2.05, 4.69) is 10.3 Å². The van der Waals surface area contributed by atoms with Gasteiger partial charge in [0.25, 0.3) is 0 Å². The third-order valence-corrected chi connectivity index (χ3v) is 4.77.